The standard InChI is InChI=1S/C17H46NPSi5/c1-20(2,3)17(21(4,5)6,22(7,8)9)16-19-18(23(10,11)12)24(13,14)15/h16H,1-15H3. The third-order valence-electron chi connectivity index (χ3n) is 5.19. The molecule has 0 fully saturated rings. The van der Waals surface area contributed by atoms with Crippen LogP contribution in [0.4, 0.5) is 0 Å². The second-order valence-corrected chi connectivity index (χ2v) is 41.5. The summed E-state index contributed by atoms with van der Waals surface area (Å²) in [6, 6.07) is 0. The summed E-state index contributed by atoms with van der Waals surface area (Å²) in [5, 5.41) is 0. The third-order valence-corrected chi connectivity index (χ3v) is 38.5. The van der Waals surface area contributed by atoms with Gasteiger partial charge in [-0.2, -0.15) is 0 Å². The Kier molecular flexibility index (Phi) is 7.69. The lowest BCUT2D eigenvalue weighted by Gasteiger charge is -2.57. The molecule has 0 N–H and O–H groups in total. The van der Waals surface area contributed by atoms with E-state index < -0.39 is 40.7 Å². The first-order chi connectivity index (χ1) is 10.1. The van der Waals surface area contributed by atoms with Gasteiger partial charge in [-0.3, -0.25) is 4.00 Å². The first kappa shape index (κ1) is 25.2. The van der Waals surface area contributed by atoms with Crippen LogP contribution in [0.5, 0.6) is 0 Å². The van der Waals surface area contributed by atoms with Crippen molar-refractivity contribution in [2.45, 2.75) is 102 Å². The van der Waals surface area contributed by atoms with E-state index in [1.807, 2.05) is 0 Å². The van der Waals surface area contributed by atoms with Crippen molar-refractivity contribution in [1.29, 1.82) is 0 Å². The molecule has 0 heterocycles. The maximum Gasteiger partial charge on any atom is 0.120 e. The van der Waals surface area contributed by atoms with Crippen LogP contribution in [-0.4, -0.2) is 50.5 Å². The molecule has 0 aliphatic carbocycles. The van der Waals surface area contributed by atoms with E-state index >= 15 is 0 Å². The molecule has 0 aliphatic heterocycles. The summed E-state index contributed by atoms with van der Waals surface area (Å²) in [4.78, 5) is 0. The van der Waals surface area contributed by atoms with Crippen molar-refractivity contribution in [2.24, 2.45) is 0 Å². The smallest absolute Gasteiger partial charge is 0.120 e. The second kappa shape index (κ2) is 7.32. The minimum Gasteiger partial charge on any atom is -0.300 e. The van der Waals surface area contributed by atoms with Crippen molar-refractivity contribution in [3.05, 3.63) is 0 Å². The normalized spacial score (nSPS) is 16.3. The van der Waals surface area contributed by atoms with Gasteiger partial charge in [0.05, 0.1) is 0 Å². The molecular formula is C17H46NPSi5. The van der Waals surface area contributed by atoms with Crippen molar-refractivity contribution < 1.29 is 0 Å². The molecule has 0 radical (unpaired) electrons. The van der Waals surface area contributed by atoms with Crippen LogP contribution in [0.3, 0.4) is 0 Å². The van der Waals surface area contributed by atoms with Crippen molar-refractivity contribution in [2.75, 3.05) is 0 Å². The topological polar surface area (TPSA) is 3.24 Å². The molecule has 24 heavy (non-hydrogen) atoms. The van der Waals surface area contributed by atoms with Crippen LogP contribution in [-0.2, 0) is 0 Å². The lowest BCUT2D eigenvalue weighted by atomic mass is 10.9. The van der Waals surface area contributed by atoms with Crippen molar-refractivity contribution in [3.8, 4) is 0 Å². The summed E-state index contributed by atoms with van der Waals surface area (Å²) in [6.07, 6.45) is 0. The number of hydrogen-bond donors (Lipinski definition) is 0. The molecule has 0 saturated heterocycles. The van der Waals surface area contributed by atoms with E-state index in [0.29, 0.717) is 4.28 Å². The average Bonchev–Trinajstić information content (AvgIpc) is 2.13. The fourth-order valence-corrected chi connectivity index (χ4v) is 49.1. The summed E-state index contributed by atoms with van der Waals surface area (Å²) >= 11 is 0. The monoisotopic (exact) mass is 435 g/mol. The molecule has 7 heteroatoms. The molecule has 144 valence electrons. The Hall–Kier alpha value is 1.21. The van der Waals surface area contributed by atoms with Gasteiger partial charge >= 0.3 is 0 Å². The van der Waals surface area contributed by atoms with E-state index in [2.05, 4.69) is 108 Å². The maximum atomic E-state index is 2.95. The SMILES string of the molecule is C[Si](C)(C)N(P=CC([Si](C)(C)C)([Si](C)(C)C)[Si](C)(C)C)[Si](C)(C)C. The molecule has 0 aliphatic rings. The molecule has 1 nitrogen and oxygen atoms in total. The van der Waals surface area contributed by atoms with E-state index in [0.717, 1.165) is 0 Å². The first-order valence-electron chi connectivity index (χ1n) is 9.44. The predicted molar refractivity (Wildman–Crippen MR) is 134 cm³/mol. The molecule has 0 aromatic rings. The van der Waals surface area contributed by atoms with Crippen LogP contribution in [0.25, 0.3) is 0 Å². The summed E-state index contributed by atoms with van der Waals surface area (Å²) in [6.45, 7) is 39.0. The number of rotatable bonds is 7. The largest absolute Gasteiger partial charge is 0.300 e. The van der Waals surface area contributed by atoms with Crippen LogP contribution < -0.4 is 0 Å². The van der Waals surface area contributed by atoms with Gasteiger partial charge in [0.15, 0.2) is 0 Å². The Morgan fingerprint density at radius 1 is 0.542 bits per heavy atom. The van der Waals surface area contributed by atoms with Crippen molar-refractivity contribution >= 4 is 54.8 Å². The van der Waals surface area contributed by atoms with E-state index in [-0.39, 0.29) is 0 Å². The fourth-order valence-electron chi connectivity index (χ4n) is 5.45. The highest BCUT2D eigenvalue weighted by Gasteiger charge is 2.58. The van der Waals surface area contributed by atoms with Gasteiger partial charge < -0.3 is 0 Å². The molecule has 0 amide bonds. The highest BCUT2D eigenvalue weighted by molar-refractivity contribution is 7.45. The highest BCUT2D eigenvalue weighted by atomic mass is 31.1. The molecule has 0 rings (SSSR count). The van der Waals surface area contributed by atoms with E-state index in [1.165, 1.54) is 0 Å². The van der Waals surface area contributed by atoms with Gasteiger partial charge in [-0.25, -0.2) is 0 Å². The minimum absolute atomic E-state index is 0.562. The Morgan fingerprint density at radius 2 is 0.792 bits per heavy atom. The Balaban J connectivity index is 6.53. The van der Waals surface area contributed by atoms with Gasteiger partial charge in [0.1, 0.15) is 16.5 Å². The van der Waals surface area contributed by atoms with Gasteiger partial charge in [-0.15, -0.1) is 0 Å². The van der Waals surface area contributed by atoms with Crippen molar-refractivity contribution in [3.63, 3.8) is 0 Å². The molecule has 0 unspecified atom stereocenters. The summed E-state index contributed by atoms with van der Waals surface area (Å²) in [7, 11) is -5.04. The molecule has 0 aromatic heterocycles. The molecule has 0 bridgehead atoms. The molecule has 0 atom stereocenters. The van der Waals surface area contributed by atoms with Gasteiger partial charge in [-0.1, -0.05) is 98.2 Å². The van der Waals surface area contributed by atoms with E-state index in [9.17, 15) is 0 Å². The van der Waals surface area contributed by atoms with Crippen molar-refractivity contribution in [1.82, 2.24) is 4.00 Å². The van der Waals surface area contributed by atoms with Crippen LogP contribution >= 0.6 is 8.35 Å². The van der Waals surface area contributed by atoms with E-state index in [4.69, 9.17) is 0 Å². The van der Waals surface area contributed by atoms with Crippen LogP contribution in [0, 0.1) is 0 Å². The quantitative estimate of drug-likeness (QED) is 0.296. The van der Waals surface area contributed by atoms with E-state index in [1.54, 1.807) is 8.35 Å². The van der Waals surface area contributed by atoms with Gasteiger partial charge in [0.2, 0.25) is 0 Å². The van der Waals surface area contributed by atoms with Crippen LogP contribution in [0.1, 0.15) is 0 Å². The zero-order valence-corrected chi connectivity index (χ0v) is 25.4. The molecular weight excluding hydrogens is 390 g/mol. The third kappa shape index (κ3) is 5.36. The lowest BCUT2D eigenvalue weighted by molar-refractivity contribution is 0.997. The zero-order valence-electron chi connectivity index (χ0n) is 19.5. The van der Waals surface area contributed by atoms with Gasteiger partial charge in [0.25, 0.3) is 0 Å². The Morgan fingerprint density at radius 3 is 0.958 bits per heavy atom. The molecule has 0 spiro atoms. The first-order valence-corrected chi connectivity index (χ1v) is 27.8. The zero-order chi connectivity index (χ0) is 20.0. The summed E-state index contributed by atoms with van der Waals surface area (Å²) in [5.41, 5.74) is 0. The Labute approximate surface area is 161 Å². The summed E-state index contributed by atoms with van der Waals surface area (Å²) in [5.74, 6) is 2.88. The highest BCUT2D eigenvalue weighted by Crippen LogP contribution is 2.53. The molecule has 0 saturated carbocycles. The second-order valence-electron chi connectivity index (χ2n) is 12.5. The predicted octanol–water partition coefficient (Wildman–Crippen LogP) is 7.46. The lowest BCUT2D eigenvalue weighted by Crippen LogP contribution is -2.66. The van der Waals surface area contributed by atoms with Crippen LogP contribution in [0.2, 0.25) is 102 Å². The fraction of sp³-hybridized carbons (Fsp3) is 0.941. The minimum atomic E-state index is -1.33. The molecule has 0 aromatic carbocycles. The number of nitrogens with zero attached hydrogens (tertiary/aromatic N) is 1. The van der Waals surface area contributed by atoms with Crippen LogP contribution in [0.15, 0.2) is 0 Å². The Bertz CT molecular complexity index is 406. The summed E-state index contributed by atoms with van der Waals surface area (Å²) < 4.78 is 3.52. The maximum absolute atomic E-state index is 2.95. The van der Waals surface area contributed by atoms with Gasteiger partial charge in [0, 0.05) is 24.2 Å². The number of hydrogen-bond acceptors (Lipinski definition) is 1. The van der Waals surface area contributed by atoms with Gasteiger partial charge in [-0.05, 0) is 18.4 Å². The average molecular weight is 436 g/mol.